The molecule has 7 nitrogen and oxygen atoms in total. The zero-order chi connectivity index (χ0) is 18.7. The van der Waals surface area contributed by atoms with Gasteiger partial charge in [0, 0.05) is 18.8 Å². The number of nitrogens with zero attached hydrogens (tertiary/aromatic N) is 1. The maximum atomic E-state index is 14.6. The van der Waals surface area contributed by atoms with Crippen molar-refractivity contribution in [1.29, 1.82) is 0 Å². The first-order valence-corrected chi connectivity index (χ1v) is 8.18. The molecule has 1 aromatic rings. The molecule has 2 atom stereocenters. The number of carbonyl (C=O) groups is 2. The number of amides is 2. The SMILES string of the molecule is O=C1CC(N2CCOCC2)NC(C(F)(F)C(=O)Nc2ccc(F)cc2)N1. The highest BCUT2D eigenvalue weighted by atomic mass is 19.3. The summed E-state index contributed by atoms with van der Waals surface area (Å²) in [6.45, 7) is 1.91. The van der Waals surface area contributed by atoms with Gasteiger partial charge in [-0.15, -0.1) is 0 Å². The van der Waals surface area contributed by atoms with Crippen molar-refractivity contribution in [2.75, 3.05) is 31.6 Å². The molecule has 0 bridgehead atoms. The number of alkyl halides is 2. The van der Waals surface area contributed by atoms with Crippen molar-refractivity contribution in [3.8, 4) is 0 Å². The third-order valence-electron chi connectivity index (χ3n) is 4.30. The molecule has 2 fully saturated rings. The lowest BCUT2D eigenvalue weighted by Crippen LogP contribution is -2.70. The first-order chi connectivity index (χ1) is 12.4. The highest BCUT2D eigenvalue weighted by molar-refractivity contribution is 5.97. The van der Waals surface area contributed by atoms with Gasteiger partial charge in [0.25, 0.3) is 5.91 Å². The fraction of sp³-hybridized carbons (Fsp3) is 0.500. The third-order valence-corrected chi connectivity index (χ3v) is 4.30. The summed E-state index contributed by atoms with van der Waals surface area (Å²) in [7, 11) is 0. The van der Waals surface area contributed by atoms with E-state index in [4.69, 9.17) is 4.74 Å². The quantitative estimate of drug-likeness (QED) is 0.717. The van der Waals surface area contributed by atoms with Crippen LogP contribution in [-0.2, 0) is 14.3 Å². The molecule has 10 heteroatoms. The Hall–Kier alpha value is -2.17. The zero-order valence-electron chi connectivity index (χ0n) is 13.8. The first-order valence-electron chi connectivity index (χ1n) is 8.18. The van der Waals surface area contributed by atoms with Crippen LogP contribution < -0.4 is 16.0 Å². The molecular weight excluding hydrogens is 353 g/mol. The Balaban J connectivity index is 1.68. The van der Waals surface area contributed by atoms with Crippen molar-refractivity contribution < 1.29 is 27.5 Å². The molecule has 0 radical (unpaired) electrons. The van der Waals surface area contributed by atoms with Crippen LogP contribution in [0.1, 0.15) is 6.42 Å². The van der Waals surface area contributed by atoms with Crippen molar-refractivity contribution in [2.45, 2.75) is 24.7 Å². The molecule has 0 saturated carbocycles. The van der Waals surface area contributed by atoms with E-state index in [0.29, 0.717) is 26.3 Å². The van der Waals surface area contributed by atoms with Crippen molar-refractivity contribution >= 4 is 17.5 Å². The van der Waals surface area contributed by atoms with Gasteiger partial charge in [-0.05, 0) is 24.3 Å². The molecule has 2 amide bonds. The van der Waals surface area contributed by atoms with Gasteiger partial charge in [-0.2, -0.15) is 8.78 Å². The lowest BCUT2D eigenvalue weighted by Gasteiger charge is -2.41. The largest absolute Gasteiger partial charge is 0.379 e. The van der Waals surface area contributed by atoms with E-state index in [1.165, 1.54) is 12.1 Å². The molecule has 0 aromatic heterocycles. The maximum absolute atomic E-state index is 14.6. The smallest absolute Gasteiger partial charge is 0.357 e. The first kappa shape index (κ1) is 18.6. The van der Waals surface area contributed by atoms with E-state index in [-0.39, 0.29) is 12.1 Å². The minimum atomic E-state index is -3.91. The van der Waals surface area contributed by atoms with E-state index in [2.05, 4.69) is 10.6 Å². The second-order valence-electron chi connectivity index (χ2n) is 6.12. The molecular formula is C16H19F3N4O3. The average molecular weight is 372 g/mol. The van der Waals surface area contributed by atoms with Crippen molar-refractivity contribution in [3.05, 3.63) is 30.1 Å². The number of halogens is 3. The Labute approximate surface area is 147 Å². The van der Waals surface area contributed by atoms with E-state index in [9.17, 15) is 22.8 Å². The number of rotatable bonds is 4. The minimum Gasteiger partial charge on any atom is -0.379 e. The van der Waals surface area contributed by atoms with Crippen LogP contribution in [0, 0.1) is 5.82 Å². The van der Waals surface area contributed by atoms with Gasteiger partial charge in [0.1, 0.15) is 5.82 Å². The van der Waals surface area contributed by atoms with E-state index in [1.54, 1.807) is 0 Å². The van der Waals surface area contributed by atoms with Crippen molar-refractivity contribution in [2.24, 2.45) is 0 Å². The highest BCUT2D eigenvalue weighted by Crippen LogP contribution is 2.24. The van der Waals surface area contributed by atoms with Gasteiger partial charge in [-0.25, -0.2) is 4.39 Å². The van der Waals surface area contributed by atoms with Crippen molar-refractivity contribution in [1.82, 2.24) is 15.5 Å². The predicted molar refractivity (Wildman–Crippen MR) is 85.8 cm³/mol. The maximum Gasteiger partial charge on any atom is 0.357 e. The molecule has 26 heavy (non-hydrogen) atoms. The third kappa shape index (κ3) is 4.14. The molecule has 1 aromatic carbocycles. The van der Waals surface area contributed by atoms with Crippen LogP contribution in [0.25, 0.3) is 0 Å². The van der Waals surface area contributed by atoms with Gasteiger partial charge in [0.2, 0.25) is 5.91 Å². The van der Waals surface area contributed by atoms with E-state index >= 15 is 0 Å². The summed E-state index contributed by atoms with van der Waals surface area (Å²) in [5, 5.41) is 6.80. The molecule has 2 aliphatic rings. The average Bonchev–Trinajstić information content (AvgIpc) is 2.63. The molecule has 2 aliphatic heterocycles. The van der Waals surface area contributed by atoms with Crippen LogP contribution in [0.15, 0.2) is 24.3 Å². The monoisotopic (exact) mass is 372 g/mol. The van der Waals surface area contributed by atoms with Crippen LogP contribution in [0.4, 0.5) is 18.9 Å². The normalized spacial score (nSPS) is 24.8. The summed E-state index contributed by atoms with van der Waals surface area (Å²) in [5.74, 6) is -6.62. The van der Waals surface area contributed by atoms with Crippen LogP contribution in [0.5, 0.6) is 0 Å². The fourth-order valence-electron chi connectivity index (χ4n) is 2.89. The Bertz CT molecular complexity index is 665. The molecule has 0 aliphatic carbocycles. The van der Waals surface area contributed by atoms with Crippen LogP contribution in [0.2, 0.25) is 0 Å². The zero-order valence-corrected chi connectivity index (χ0v) is 13.8. The lowest BCUT2D eigenvalue weighted by molar-refractivity contribution is -0.153. The van der Waals surface area contributed by atoms with Gasteiger partial charge in [-0.1, -0.05) is 0 Å². The van der Waals surface area contributed by atoms with Crippen molar-refractivity contribution in [3.63, 3.8) is 0 Å². The minimum absolute atomic E-state index is 0.00611. The van der Waals surface area contributed by atoms with Crippen LogP contribution in [0.3, 0.4) is 0 Å². The Morgan fingerprint density at radius 3 is 2.54 bits per heavy atom. The number of hydrogen-bond donors (Lipinski definition) is 3. The molecule has 2 unspecified atom stereocenters. The molecule has 142 valence electrons. The number of ether oxygens (including phenoxy) is 1. The fourth-order valence-corrected chi connectivity index (χ4v) is 2.89. The molecule has 2 heterocycles. The van der Waals surface area contributed by atoms with Crippen LogP contribution in [-0.4, -0.2) is 61.3 Å². The van der Waals surface area contributed by atoms with Crippen LogP contribution >= 0.6 is 0 Å². The second kappa shape index (κ2) is 7.60. The van der Waals surface area contributed by atoms with Gasteiger partial charge in [-0.3, -0.25) is 19.8 Å². The standard InChI is InChI=1S/C16H19F3N4O3/c17-10-1-3-11(4-2-10)20-15(25)16(18,19)14-21-12(9-13(24)22-14)23-5-7-26-8-6-23/h1-4,12,14,21H,5-9H2,(H,20,25)(H,22,24). The molecule has 2 saturated heterocycles. The molecule has 3 N–H and O–H groups in total. The number of morpholine rings is 1. The van der Waals surface area contributed by atoms with Gasteiger partial charge < -0.3 is 15.4 Å². The Morgan fingerprint density at radius 2 is 1.88 bits per heavy atom. The Morgan fingerprint density at radius 1 is 1.23 bits per heavy atom. The van der Waals surface area contributed by atoms with E-state index in [0.717, 1.165) is 12.1 Å². The van der Waals surface area contributed by atoms with Gasteiger partial charge >= 0.3 is 5.92 Å². The van der Waals surface area contributed by atoms with Gasteiger partial charge in [0.05, 0.1) is 25.8 Å². The Kier molecular flexibility index (Phi) is 5.44. The summed E-state index contributed by atoms with van der Waals surface area (Å²) in [5.41, 5.74) is 0.0305. The number of anilines is 1. The number of hydrogen-bond acceptors (Lipinski definition) is 5. The summed E-state index contributed by atoms with van der Waals surface area (Å²) in [6, 6.07) is 4.44. The predicted octanol–water partition coefficient (Wildman–Crippen LogP) is 0.493. The summed E-state index contributed by atoms with van der Waals surface area (Å²) >= 11 is 0. The summed E-state index contributed by atoms with van der Waals surface area (Å²) < 4.78 is 47.2. The summed E-state index contributed by atoms with van der Waals surface area (Å²) in [4.78, 5) is 25.7. The second-order valence-corrected chi connectivity index (χ2v) is 6.12. The number of nitrogens with one attached hydrogen (secondary N) is 3. The summed E-state index contributed by atoms with van der Waals surface area (Å²) in [6.07, 6.45) is -2.45. The van der Waals surface area contributed by atoms with E-state index in [1.807, 2.05) is 10.2 Å². The topological polar surface area (TPSA) is 82.7 Å². The highest BCUT2D eigenvalue weighted by Gasteiger charge is 2.51. The lowest BCUT2D eigenvalue weighted by atomic mass is 10.1. The number of benzene rings is 1. The molecule has 0 spiro atoms. The molecule has 3 rings (SSSR count). The van der Waals surface area contributed by atoms with Gasteiger partial charge in [0.15, 0.2) is 6.17 Å². The number of carbonyl (C=O) groups excluding carboxylic acids is 2. The van der Waals surface area contributed by atoms with E-state index < -0.39 is 35.9 Å².